The van der Waals surface area contributed by atoms with Gasteiger partial charge in [0, 0.05) is 6.42 Å². The molecule has 5 heteroatoms. The van der Waals surface area contributed by atoms with E-state index in [4.69, 9.17) is 22.7 Å². The van der Waals surface area contributed by atoms with Crippen molar-refractivity contribution in [2.75, 3.05) is 11.9 Å². The van der Waals surface area contributed by atoms with Crippen molar-refractivity contribution >= 4 is 28.8 Å². The molecular formula is C14H20N2O2S. The van der Waals surface area contributed by atoms with Gasteiger partial charge in [-0.15, -0.1) is 0 Å². The number of anilines is 1. The molecule has 0 bridgehead atoms. The molecular weight excluding hydrogens is 260 g/mol. The molecule has 0 aliphatic rings. The van der Waals surface area contributed by atoms with Crippen LogP contribution in [0.4, 0.5) is 5.69 Å². The number of amides is 1. The SMILES string of the molecule is CCCCCC(=O)Nc1ccccc1OCC(N)=S. The highest BCUT2D eigenvalue weighted by molar-refractivity contribution is 7.80. The molecule has 0 aliphatic heterocycles. The maximum atomic E-state index is 11.8. The van der Waals surface area contributed by atoms with E-state index in [1.165, 1.54) is 0 Å². The van der Waals surface area contributed by atoms with Crippen molar-refractivity contribution in [3.63, 3.8) is 0 Å². The number of nitrogens with two attached hydrogens (primary N) is 1. The number of carbonyl (C=O) groups is 1. The fourth-order valence-corrected chi connectivity index (χ4v) is 1.65. The lowest BCUT2D eigenvalue weighted by atomic mass is 10.2. The number of rotatable bonds is 8. The first kappa shape index (κ1) is 15.4. The summed E-state index contributed by atoms with van der Waals surface area (Å²) in [5.41, 5.74) is 6.04. The highest BCUT2D eigenvalue weighted by Crippen LogP contribution is 2.23. The lowest BCUT2D eigenvalue weighted by Crippen LogP contribution is -2.19. The summed E-state index contributed by atoms with van der Waals surface area (Å²) in [4.78, 5) is 12.0. The normalized spacial score (nSPS) is 9.95. The fraction of sp³-hybridized carbons (Fsp3) is 0.429. The highest BCUT2D eigenvalue weighted by Gasteiger charge is 2.07. The van der Waals surface area contributed by atoms with Gasteiger partial charge in [0.15, 0.2) is 0 Å². The molecule has 3 N–H and O–H groups in total. The molecule has 0 aromatic heterocycles. The molecule has 0 fully saturated rings. The van der Waals surface area contributed by atoms with Crippen LogP contribution in [0.5, 0.6) is 5.75 Å². The van der Waals surface area contributed by atoms with Crippen molar-refractivity contribution in [2.45, 2.75) is 32.6 Å². The predicted molar refractivity (Wildman–Crippen MR) is 81.5 cm³/mol. The summed E-state index contributed by atoms with van der Waals surface area (Å²) in [7, 11) is 0. The van der Waals surface area contributed by atoms with Gasteiger partial charge in [0.25, 0.3) is 0 Å². The summed E-state index contributed by atoms with van der Waals surface area (Å²) >= 11 is 4.76. The minimum absolute atomic E-state index is 0.000162. The van der Waals surface area contributed by atoms with Crippen LogP contribution < -0.4 is 15.8 Å². The van der Waals surface area contributed by atoms with Gasteiger partial charge in [0.1, 0.15) is 17.3 Å². The van der Waals surface area contributed by atoms with Crippen molar-refractivity contribution < 1.29 is 9.53 Å². The first-order valence-electron chi connectivity index (χ1n) is 6.43. The predicted octanol–water partition coefficient (Wildman–Crippen LogP) is 2.87. The zero-order valence-corrected chi connectivity index (χ0v) is 12.0. The minimum Gasteiger partial charge on any atom is -0.484 e. The number of nitrogens with one attached hydrogen (secondary N) is 1. The zero-order valence-electron chi connectivity index (χ0n) is 11.1. The molecule has 1 rings (SSSR count). The molecule has 0 saturated carbocycles. The Morgan fingerprint density at radius 3 is 2.79 bits per heavy atom. The Bertz CT molecular complexity index is 435. The number of thiocarbonyl (C=S) groups is 1. The average Bonchev–Trinajstić information content (AvgIpc) is 2.38. The summed E-state index contributed by atoms with van der Waals surface area (Å²) < 4.78 is 5.44. The molecule has 1 aromatic carbocycles. The van der Waals surface area contributed by atoms with E-state index in [-0.39, 0.29) is 17.5 Å². The fourth-order valence-electron chi connectivity index (χ4n) is 1.59. The van der Waals surface area contributed by atoms with Crippen LogP contribution in [-0.2, 0) is 4.79 Å². The average molecular weight is 280 g/mol. The summed E-state index contributed by atoms with van der Waals surface area (Å²) in [5.74, 6) is 0.582. The monoisotopic (exact) mass is 280 g/mol. The third kappa shape index (κ3) is 6.20. The number of ether oxygens (including phenoxy) is 1. The second kappa shape index (κ2) is 8.48. The van der Waals surface area contributed by atoms with Crippen molar-refractivity contribution in [2.24, 2.45) is 5.73 Å². The summed E-state index contributed by atoms with van der Waals surface area (Å²) in [6.07, 6.45) is 3.59. The minimum atomic E-state index is -0.000162. The van der Waals surface area contributed by atoms with Gasteiger partial charge in [-0.1, -0.05) is 44.1 Å². The van der Waals surface area contributed by atoms with Crippen LogP contribution >= 0.6 is 12.2 Å². The second-order valence-electron chi connectivity index (χ2n) is 4.26. The number of hydrogen-bond acceptors (Lipinski definition) is 3. The van der Waals surface area contributed by atoms with Gasteiger partial charge < -0.3 is 15.8 Å². The molecule has 1 aromatic rings. The van der Waals surface area contributed by atoms with Crippen molar-refractivity contribution in [3.8, 4) is 5.75 Å². The molecule has 1 amide bonds. The topological polar surface area (TPSA) is 64.3 Å². The van der Waals surface area contributed by atoms with Gasteiger partial charge in [-0.25, -0.2) is 0 Å². The Morgan fingerprint density at radius 1 is 1.37 bits per heavy atom. The largest absolute Gasteiger partial charge is 0.484 e. The molecule has 0 unspecified atom stereocenters. The third-order valence-corrected chi connectivity index (χ3v) is 2.66. The lowest BCUT2D eigenvalue weighted by molar-refractivity contribution is -0.116. The van der Waals surface area contributed by atoms with Crippen molar-refractivity contribution in [1.29, 1.82) is 0 Å². The quantitative estimate of drug-likeness (QED) is 0.567. The van der Waals surface area contributed by atoms with Crippen LogP contribution in [0.25, 0.3) is 0 Å². The molecule has 0 heterocycles. The Balaban J connectivity index is 2.56. The van der Waals surface area contributed by atoms with Crippen molar-refractivity contribution in [1.82, 2.24) is 0 Å². The molecule has 4 nitrogen and oxygen atoms in total. The molecule has 0 spiro atoms. The van der Waals surface area contributed by atoms with Crippen LogP contribution in [-0.4, -0.2) is 17.5 Å². The van der Waals surface area contributed by atoms with Crippen LogP contribution in [0.15, 0.2) is 24.3 Å². The van der Waals surface area contributed by atoms with E-state index in [0.717, 1.165) is 19.3 Å². The number of benzene rings is 1. The summed E-state index contributed by atoms with van der Waals surface area (Å²) in [5, 5.41) is 2.85. The van der Waals surface area contributed by atoms with Gasteiger partial charge in [-0.3, -0.25) is 4.79 Å². The molecule has 0 atom stereocenters. The Kier molecular flexibility index (Phi) is 6.89. The smallest absolute Gasteiger partial charge is 0.224 e. The van der Waals surface area contributed by atoms with Crippen molar-refractivity contribution in [3.05, 3.63) is 24.3 Å². The lowest BCUT2D eigenvalue weighted by Gasteiger charge is -2.11. The highest BCUT2D eigenvalue weighted by atomic mass is 32.1. The van der Waals surface area contributed by atoms with Crippen LogP contribution in [0.2, 0.25) is 0 Å². The van der Waals surface area contributed by atoms with Gasteiger partial charge in [-0.2, -0.15) is 0 Å². The Morgan fingerprint density at radius 2 is 2.11 bits per heavy atom. The number of hydrogen-bond donors (Lipinski definition) is 2. The van der Waals surface area contributed by atoms with Gasteiger partial charge >= 0.3 is 0 Å². The van der Waals surface area contributed by atoms with Crippen LogP contribution in [0, 0.1) is 0 Å². The van der Waals surface area contributed by atoms with Gasteiger partial charge in [0.2, 0.25) is 5.91 Å². The molecule has 0 saturated heterocycles. The Hall–Kier alpha value is -1.62. The van der Waals surface area contributed by atoms with E-state index in [9.17, 15) is 4.79 Å². The van der Waals surface area contributed by atoms with E-state index in [0.29, 0.717) is 17.9 Å². The molecule has 104 valence electrons. The number of unbranched alkanes of at least 4 members (excludes halogenated alkanes) is 2. The molecule has 0 radical (unpaired) electrons. The Labute approximate surface area is 119 Å². The van der Waals surface area contributed by atoms with Crippen LogP contribution in [0.3, 0.4) is 0 Å². The first-order valence-corrected chi connectivity index (χ1v) is 6.84. The molecule has 0 aliphatic carbocycles. The maximum absolute atomic E-state index is 11.8. The van der Waals surface area contributed by atoms with E-state index in [1.54, 1.807) is 12.1 Å². The zero-order chi connectivity index (χ0) is 14.1. The van der Waals surface area contributed by atoms with E-state index in [2.05, 4.69) is 12.2 Å². The van der Waals surface area contributed by atoms with Gasteiger partial charge in [0.05, 0.1) is 5.69 Å². The maximum Gasteiger partial charge on any atom is 0.224 e. The summed E-state index contributed by atoms with van der Waals surface area (Å²) in [6, 6.07) is 7.25. The number of carbonyl (C=O) groups excluding carboxylic acids is 1. The van der Waals surface area contributed by atoms with E-state index >= 15 is 0 Å². The number of para-hydroxylation sites is 2. The first-order chi connectivity index (χ1) is 9.13. The van der Waals surface area contributed by atoms with E-state index in [1.807, 2.05) is 12.1 Å². The second-order valence-corrected chi connectivity index (χ2v) is 4.78. The van der Waals surface area contributed by atoms with Gasteiger partial charge in [-0.05, 0) is 18.6 Å². The summed E-state index contributed by atoms with van der Waals surface area (Å²) in [6.45, 7) is 2.27. The van der Waals surface area contributed by atoms with E-state index < -0.39 is 0 Å². The molecule has 19 heavy (non-hydrogen) atoms. The van der Waals surface area contributed by atoms with Crippen LogP contribution in [0.1, 0.15) is 32.6 Å². The standard InChI is InChI=1S/C14H20N2O2S/c1-2-3-4-9-14(17)16-11-7-5-6-8-12(11)18-10-13(15)19/h5-8H,2-4,9-10H2,1H3,(H2,15,19)(H,16,17). The third-order valence-electron chi connectivity index (χ3n) is 2.54.